The first-order valence-corrected chi connectivity index (χ1v) is 8.93. The summed E-state index contributed by atoms with van der Waals surface area (Å²) in [7, 11) is 1.42. The number of hydrogen-bond acceptors (Lipinski definition) is 4. The van der Waals surface area contributed by atoms with Gasteiger partial charge in [-0.1, -0.05) is 30.3 Å². The molecule has 0 saturated heterocycles. The summed E-state index contributed by atoms with van der Waals surface area (Å²) in [5.41, 5.74) is 0.448. The number of benzene rings is 1. The van der Waals surface area contributed by atoms with E-state index < -0.39 is 23.3 Å². The number of aliphatic carboxylic acids is 1. The number of nitrogens with zero attached hydrogens (tertiary/aromatic N) is 1. The number of carbonyl (C=O) groups is 3. The lowest BCUT2D eigenvalue weighted by Gasteiger charge is -2.12. The van der Waals surface area contributed by atoms with E-state index in [1.807, 2.05) is 30.3 Å². The molecule has 0 aliphatic heterocycles. The van der Waals surface area contributed by atoms with Crippen LogP contribution in [-0.2, 0) is 11.3 Å². The van der Waals surface area contributed by atoms with Crippen LogP contribution in [0.25, 0.3) is 0 Å². The Morgan fingerprint density at radius 3 is 2.43 bits per heavy atom. The number of carboxylic acids is 1. The monoisotopic (exact) mass is 385 g/mol. The molecule has 1 aromatic heterocycles. The summed E-state index contributed by atoms with van der Waals surface area (Å²) in [5.74, 6) is -1.88. The highest BCUT2D eigenvalue weighted by atomic mass is 16.4. The van der Waals surface area contributed by atoms with Gasteiger partial charge in [0.2, 0.25) is 0 Å². The molecule has 28 heavy (non-hydrogen) atoms. The minimum Gasteiger partial charge on any atom is -0.481 e. The topological polar surface area (TPSA) is 118 Å². The van der Waals surface area contributed by atoms with Crippen LogP contribution < -0.4 is 16.2 Å². The van der Waals surface area contributed by atoms with Crippen molar-refractivity contribution in [2.45, 2.75) is 25.8 Å². The predicted octanol–water partition coefficient (Wildman–Crippen LogP) is 1.24. The predicted molar refractivity (Wildman–Crippen MR) is 103 cm³/mol. The van der Waals surface area contributed by atoms with E-state index in [1.54, 1.807) is 0 Å². The molecule has 8 nitrogen and oxygen atoms in total. The molecule has 0 atom stereocenters. The Morgan fingerprint density at radius 2 is 1.79 bits per heavy atom. The zero-order valence-electron chi connectivity index (χ0n) is 15.6. The van der Waals surface area contributed by atoms with E-state index in [0.29, 0.717) is 19.4 Å². The Balaban J connectivity index is 2.22. The van der Waals surface area contributed by atoms with Crippen LogP contribution >= 0.6 is 0 Å². The maximum absolute atomic E-state index is 12.6. The van der Waals surface area contributed by atoms with Crippen LogP contribution in [0.5, 0.6) is 0 Å². The zero-order chi connectivity index (χ0) is 20.5. The Labute approximate surface area is 162 Å². The molecule has 3 N–H and O–H groups in total. The molecular formula is C20H23N3O5. The van der Waals surface area contributed by atoms with Gasteiger partial charge >= 0.3 is 5.97 Å². The molecule has 0 saturated carbocycles. The maximum Gasteiger partial charge on any atom is 0.303 e. The van der Waals surface area contributed by atoms with E-state index in [9.17, 15) is 19.2 Å². The fraction of sp³-hybridized carbons (Fsp3) is 0.300. The second-order valence-corrected chi connectivity index (χ2v) is 6.25. The molecule has 0 unspecified atom stereocenters. The average molecular weight is 385 g/mol. The smallest absolute Gasteiger partial charge is 0.303 e. The first kappa shape index (κ1) is 20.9. The number of nitrogens with one attached hydrogen (secondary N) is 2. The molecule has 1 aromatic carbocycles. The van der Waals surface area contributed by atoms with Gasteiger partial charge in [-0.15, -0.1) is 0 Å². The first-order valence-electron chi connectivity index (χ1n) is 8.93. The van der Waals surface area contributed by atoms with E-state index in [4.69, 9.17) is 5.11 Å². The van der Waals surface area contributed by atoms with Crippen molar-refractivity contribution in [2.24, 2.45) is 0 Å². The quantitative estimate of drug-likeness (QED) is 0.562. The lowest BCUT2D eigenvalue weighted by atomic mass is 10.1. The molecule has 0 spiro atoms. The molecule has 2 aromatic rings. The van der Waals surface area contributed by atoms with E-state index in [2.05, 4.69) is 10.6 Å². The average Bonchev–Trinajstić information content (AvgIpc) is 2.69. The minimum absolute atomic E-state index is 0.0403. The molecule has 0 aliphatic rings. The highest BCUT2D eigenvalue weighted by Gasteiger charge is 2.16. The minimum atomic E-state index is -0.880. The van der Waals surface area contributed by atoms with Gasteiger partial charge in [0.1, 0.15) is 5.56 Å². The molecule has 0 fully saturated rings. The molecule has 2 amide bonds. The number of unbranched alkanes of at least 4 members (excludes halogenated alkanes) is 1. The van der Waals surface area contributed by atoms with Crippen LogP contribution in [-0.4, -0.2) is 41.0 Å². The Morgan fingerprint density at radius 1 is 1.07 bits per heavy atom. The third-order valence-electron chi connectivity index (χ3n) is 4.12. The van der Waals surface area contributed by atoms with Crippen molar-refractivity contribution in [2.75, 3.05) is 13.6 Å². The number of rotatable bonds is 9. The third kappa shape index (κ3) is 5.80. The van der Waals surface area contributed by atoms with Crippen molar-refractivity contribution in [3.05, 3.63) is 69.6 Å². The number of amides is 2. The second kappa shape index (κ2) is 10.1. The van der Waals surface area contributed by atoms with Crippen LogP contribution in [0.15, 0.2) is 47.4 Å². The number of carboxylic acid groups (broad SMARTS) is 1. The van der Waals surface area contributed by atoms with E-state index in [0.717, 1.165) is 5.56 Å². The normalized spacial score (nSPS) is 10.3. The molecular weight excluding hydrogens is 362 g/mol. The van der Waals surface area contributed by atoms with Gasteiger partial charge in [-0.05, 0) is 24.5 Å². The molecule has 1 heterocycles. The summed E-state index contributed by atoms with van der Waals surface area (Å²) in [6.07, 6.45) is 2.43. The van der Waals surface area contributed by atoms with E-state index in [-0.39, 0.29) is 24.1 Å². The van der Waals surface area contributed by atoms with E-state index in [1.165, 1.54) is 23.9 Å². The van der Waals surface area contributed by atoms with Crippen molar-refractivity contribution in [3.8, 4) is 0 Å². The summed E-state index contributed by atoms with van der Waals surface area (Å²) in [5, 5.41) is 13.7. The summed E-state index contributed by atoms with van der Waals surface area (Å²) in [6, 6.07) is 10.5. The van der Waals surface area contributed by atoms with Crippen LogP contribution in [0.4, 0.5) is 0 Å². The van der Waals surface area contributed by atoms with Gasteiger partial charge in [-0.2, -0.15) is 0 Å². The largest absolute Gasteiger partial charge is 0.481 e. The number of carbonyl (C=O) groups excluding carboxylic acids is 2. The van der Waals surface area contributed by atoms with Gasteiger partial charge in [0.05, 0.1) is 12.1 Å². The highest BCUT2D eigenvalue weighted by molar-refractivity contribution is 5.99. The molecule has 0 bridgehead atoms. The lowest BCUT2D eigenvalue weighted by molar-refractivity contribution is -0.137. The molecule has 148 valence electrons. The van der Waals surface area contributed by atoms with Crippen LogP contribution in [0.3, 0.4) is 0 Å². The number of pyridine rings is 1. The van der Waals surface area contributed by atoms with Crippen molar-refractivity contribution in [1.82, 2.24) is 15.2 Å². The molecule has 2 rings (SSSR count). The maximum atomic E-state index is 12.6. The molecule has 0 radical (unpaired) electrons. The van der Waals surface area contributed by atoms with Crippen molar-refractivity contribution >= 4 is 17.8 Å². The van der Waals surface area contributed by atoms with Crippen LogP contribution in [0, 0.1) is 0 Å². The fourth-order valence-electron chi connectivity index (χ4n) is 2.66. The van der Waals surface area contributed by atoms with Gasteiger partial charge in [-0.25, -0.2) is 0 Å². The fourth-order valence-corrected chi connectivity index (χ4v) is 2.66. The summed E-state index contributed by atoms with van der Waals surface area (Å²) >= 11 is 0. The zero-order valence-corrected chi connectivity index (χ0v) is 15.6. The first-order chi connectivity index (χ1) is 13.4. The van der Waals surface area contributed by atoms with Crippen LogP contribution in [0.1, 0.15) is 45.5 Å². The highest BCUT2D eigenvalue weighted by Crippen LogP contribution is 2.06. The third-order valence-corrected chi connectivity index (χ3v) is 4.12. The standard InChI is InChI=1S/C20H23N3O5/c1-21-19(27)16-11-15(18(26)22-10-6-5-9-17(24)25)13-23(20(16)28)12-14-7-3-2-4-8-14/h2-4,7-8,11,13H,5-6,9-10,12H2,1H3,(H,21,27)(H,22,26)(H,24,25). The number of aromatic nitrogens is 1. The van der Waals surface area contributed by atoms with E-state index >= 15 is 0 Å². The van der Waals surface area contributed by atoms with Crippen LogP contribution in [0.2, 0.25) is 0 Å². The Kier molecular flexibility index (Phi) is 7.50. The summed E-state index contributed by atoms with van der Waals surface area (Å²) in [4.78, 5) is 47.6. The Bertz CT molecular complexity index is 906. The lowest BCUT2D eigenvalue weighted by Crippen LogP contribution is -2.34. The van der Waals surface area contributed by atoms with Gasteiger partial charge in [0, 0.05) is 26.2 Å². The number of hydrogen-bond donors (Lipinski definition) is 3. The van der Waals surface area contributed by atoms with Gasteiger partial charge in [-0.3, -0.25) is 19.2 Å². The van der Waals surface area contributed by atoms with Crippen molar-refractivity contribution < 1.29 is 19.5 Å². The van der Waals surface area contributed by atoms with Gasteiger partial charge < -0.3 is 20.3 Å². The Hall–Kier alpha value is -3.42. The molecule has 8 heteroatoms. The summed E-state index contributed by atoms with van der Waals surface area (Å²) in [6.45, 7) is 0.530. The van der Waals surface area contributed by atoms with Crippen molar-refractivity contribution in [1.29, 1.82) is 0 Å². The second-order valence-electron chi connectivity index (χ2n) is 6.25. The van der Waals surface area contributed by atoms with Gasteiger partial charge in [0.25, 0.3) is 17.4 Å². The van der Waals surface area contributed by atoms with Gasteiger partial charge in [0.15, 0.2) is 0 Å². The van der Waals surface area contributed by atoms with Crippen molar-refractivity contribution in [3.63, 3.8) is 0 Å². The molecule has 0 aliphatic carbocycles. The SMILES string of the molecule is CNC(=O)c1cc(C(=O)NCCCCC(=O)O)cn(Cc2ccccc2)c1=O. The summed E-state index contributed by atoms with van der Waals surface area (Å²) < 4.78 is 1.33.